The molecule has 1 N–H and O–H groups in total. The number of rotatable bonds is 7. The first kappa shape index (κ1) is 17.7. The Morgan fingerprint density at radius 1 is 1.41 bits per heavy atom. The molecule has 2 heterocycles. The minimum atomic E-state index is -0.322. The van der Waals surface area contributed by atoms with Gasteiger partial charge in [-0.2, -0.15) is 4.68 Å². The maximum Gasteiger partial charge on any atom is 0.233 e. The first-order valence-electron chi connectivity index (χ1n) is 8.92. The van der Waals surface area contributed by atoms with Gasteiger partial charge in [-0.05, 0) is 54.8 Å². The number of amides is 1. The van der Waals surface area contributed by atoms with Crippen molar-refractivity contribution < 1.29 is 4.79 Å². The molecule has 140 valence electrons. The summed E-state index contributed by atoms with van der Waals surface area (Å²) in [5.74, 6) is -0.0534. The summed E-state index contributed by atoms with van der Waals surface area (Å²) >= 11 is 1.34. The molecule has 4 rings (SSSR count). The van der Waals surface area contributed by atoms with Crippen molar-refractivity contribution in [2.24, 2.45) is 0 Å². The van der Waals surface area contributed by atoms with Crippen LogP contribution in [0, 0.1) is 6.92 Å². The van der Waals surface area contributed by atoms with Crippen molar-refractivity contribution >= 4 is 17.7 Å². The van der Waals surface area contributed by atoms with Crippen molar-refractivity contribution in [2.75, 3.05) is 0 Å². The molecule has 1 saturated carbocycles. The molecular weight excluding hydrogens is 362 g/mol. The van der Waals surface area contributed by atoms with E-state index in [2.05, 4.69) is 30.4 Å². The molecular formula is C18H21N7OS. The van der Waals surface area contributed by atoms with Crippen molar-refractivity contribution in [2.45, 2.75) is 49.7 Å². The van der Waals surface area contributed by atoms with E-state index < -0.39 is 0 Å². The topological polar surface area (TPSA) is 90.5 Å². The second-order valence-electron chi connectivity index (χ2n) is 6.71. The lowest BCUT2D eigenvalue weighted by atomic mass is 10.2. The number of thioether (sulfide) groups is 1. The Balaban J connectivity index is 1.39. The van der Waals surface area contributed by atoms with Gasteiger partial charge >= 0.3 is 0 Å². The standard InChI is InChI=1S/C18H21N7OS/c1-12-4-3-5-15(8-12)25-18(21-22-23-25)27-13(2)17(26)20-10-16-9-19-11-24(16)14-6-7-14/h3-5,8-9,11,13-14H,6-7,10H2,1-2H3,(H,20,26)/t13-/m0/s1. The molecule has 27 heavy (non-hydrogen) atoms. The number of carbonyl (C=O) groups excluding carboxylic acids is 1. The quantitative estimate of drug-likeness (QED) is 0.630. The van der Waals surface area contributed by atoms with E-state index in [0.29, 0.717) is 17.7 Å². The molecule has 0 bridgehead atoms. The highest BCUT2D eigenvalue weighted by atomic mass is 32.2. The number of aryl methyl sites for hydroxylation is 1. The number of hydrogen-bond donors (Lipinski definition) is 1. The van der Waals surface area contributed by atoms with Crippen molar-refractivity contribution in [1.29, 1.82) is 0 Å². The molecule has 1 aliphatic carbocycles. The SMILES string of the molecule is Cc1cccc(-n2nnnc2S[C@@H](C)C(=O)NCc2cncn2C2CC2)c1. The van der Waals surface area contributed by atoms with Gasteiger partial charge in [-0.1, -0.05) is 23.9 Å². The number of nitrogens with one attached hydrogen (secondary N) is 1. The second-order valence-corrected chi connectivity index (χ2v) is 8.02. The molecule has 1 aliphatic rings. The molecule has 8 nitrogen and oxygen atoms in total. The number of nitrogens with zero attached hydrogens (tertiary/aromatic N) is 6. The van der Waals surface area contributed by atoms with Gasteiger partial charge in [0.1, 0.15) is 0 Å². The van der Waals surface area contributed by atoms with Crippen molar-refractivity contribution in [3.63, 3.8) is 0 Å². The van der Waals surface area contributed by atoms with Crippen molar-refractivity contribution in [1.82, 2.24) is 35.1 Å². The third kappa shape index (κ3) is 4.02. The zero-order valence-corrected chi connectivity index (χ0v) is 16.1. The molecule has 1 amide bonds. The van der Waals surface area contributed by atoms with Gasteiger partial charge in [0.25, 0.3) is 0 Å². The van der Waals surface area contributed by atoms with Gasteiger partial charge in [-0.3, -0.25) is 4.79 Å². The molecule has 0 spiro atoms. The monoisotopic (exact) mass is 383 g/mol. The van der Waals surface area contributed by atoms with Crippen LogP contribution in [-0.4, -0.2) is 40.9 Å². The van der Waals surface area contributed by atoms with Gasteiger partial charge in [-0.15, -0.1) is 5.10 Å². The van der Waals surface area contributed by atoms with Gasteiger partial charge in [0.2, 0.25) is 11.1 Å². The zero-order chi connectivity index (χ0) is 18.8. The highest BCUT2D eigenvalue weighted by Gasteiger charge is 2.25. The largest absolute Gasteiger partial charge is 0.350 e. The number of benzene rings is 1. The van der Waals surface area contributed by atoms with E-state index in [0.717, 1.165) is 16.9 Å². The Morgan fingerprint density at radius 3 is 3.04 bits per heavy atom. The van der Waals surface area contributed by atoms with Crippen LogP contribution in [0.3, 0.4) is 0 Å². The number of hydrogen-bond acceptors (Lipinski definition) is 6. The smallest absolute Gasteiger partial charge is 0.233 e. The van der Waals surface area contributed by atoms with Crippen LogP contribution in [0.25, 0.3) is 5.69 Å². The average Bonchev–Trinajstić information content (AvgIpc) is 3.21. The molecule has 2 aromatic heterocycles. The molecule has 0 unspecified atom stereocenters. The Kier molecular flexibility index (Phi) is 4.93. The van der Waals surface area contributed by atoms with E-state index >= 15 is 0 Å². The summed E-state index contributed by atoms with van der Waals surface area (Å²) in [5, 5.41) is 15.1. The van der Waals surface area contributed by atoms with Gasteiger partial charge in [-0.25, -0.2) is 4.98 Å². The van der Waals surface area contributed by atoms with Crippen LogP contribution in [0.1, 0.15) is 37.1 Å². The van der Waals surface area contributed by atoms with Crippen LogP contribution >= 0.6 is 11.8 Å². The number of carbonyl (C=O) groups is 1. The Morgan fingerprint density at radius 2 is 2.26 bits per heavy atom. The summed E-state index contributed by atoms with van der Waals surface area (Å²) in [6.45, 7) is 4.35. The Hall–Kier alpha value is -2.68. The predicted octanol–water partition coefficient (Wildman–Crippen LogP) is 2.30. The molecule has 0 saturated heterocycles. The molecule has 0 aliphatic heterocycles. The first-order chi connectivity index (χ1) is 13.1. The summed E-state index contributed by atoms with van der Waals surface area (Å²) in [6, 6.07) is 8.47. The third-order valence-electron chi connectivity index (χ3n) is 4.47. The molecule has 1 fully saturated rings. The van der Waals surface area contributed by atoms with E-state index in [1.165, 1.54) is 24.6 Å². The Labute approximate surface area is 161 Å². The normalized spacial score (nSPS) is 14.9. The predicted molar refractivity (Wildman–Crippen MR) is 102 cm³/mol. The van der Waals surface area contributed by atoms with E-state index in [9.17, 15) is 4.79 Å². The fraction of sp³-hybridized carbons (Fsp3) is 0.389. The van der Waals surface area contributed by atoms with E-state index in [-0.39, 0.29) is 11.2 Å². The molecule has 3 aromatic rings. The number of aromatic nitrogens is 6. The number of imidazole rings is 1. The lowest BCUT2D eigenvalue weighted by Crippen LogP contribution is -2.31. The van der Waals surface area contributed by atoms with Crippen LogP contribution in [0.5, 0.6) is 0 Å². The zero-order valence-electron chi connectivity index (χ0n) is 15.2. The van der Waals surface area contributed by atoms with Crippen LogP contribution in [-0.2, 0) is 11.3 Å². The fourth-order valence-electron chi connectivity index (χ4n) is 2.86. The van der Waals surface area contributed by atoms with Crippen LogP contribution < -0.4 is 5.32 Å². The van der Waals surface area contributed by atoms with E-state index in [1.54, 1.807) is 4.68 Å². The lowest BCUT2D eigenvalue weighted by Gasteiger charge is -2.13. The van der Waals surface area contributed by atoms with E-state index in [1.807, 2.05) is 50.6 Å². The second kappa shape index (κ2) is 7.51. The van der Waals surface area contributed by atoms with Crippen LogP contribution in [0.15, 0.2) is 41.9 Å². The van der Waals surface area contributed by atoms with Crippen LogP contribution in [0.2, 0.25) is 0 Å². The minimum absolute atomic E-state index is 0.0534. The van der Waals surface area contributed by atoms with Gasteiger partial charge in [0.05, 0.1) is 29.5 Å². The minimum Gasteiger partial charge on any atom is -0.350 e. The van der Waals surface area contributed by atoms with E-state index in [4.69, 9.17) is 0 Å². The highest BCUT2D eigenvalue weighted by Crippen LogP contribution is 2.35. The fourth-order valence-corrected chi connectivity index (χ4v) is 3.69. The highest BCUT2D eigenvalue weighted by molar-refractivity contribution is 8.00. The summed E-state index contributed by atoms with van der Waals surface area (Å²) < 4.78 is 3.81. The van der Waals surface area contributed by atoms with Gasteiger partial charge in [0, 0.05) is 12.2 Å². The van der Waals surface area contributed by atoms with Crippen molar-refractivity contribution in [3.8, 4) is 5.69 Å². The maximum atomic E-state index is 12.5. The first-order valence-corrected chi connectivity index (χ1v) is 9.80. The molecule has 1 aromatic carbocycles. The summed E-state index contributed by atoms with van der Waals surface area (Å²) in [5.41, 5.74) is 3.04. The van der Waals surface area contributed by atoms with Gasteiger partial charge in [0.15, 0.2) is 0 Å². The summed E-state index contributed by atoms with van der Waals surface area (Å²) in [4.78, 5) is 16.7. The number of tetrazole rings is 1. The Bertz CT molecular complexity index is 947. The van der Waals surface area contributed by atoms with Crippen molar-refractivity contribution in [3.05, 3.63) is 48.0 Å². The molecule has 0 radical (unpaired) electrons. The lowest BCUT2D eigenvalue weighted by molar-refractivity contribution is -0.120. The van der Waals surface area contributed by atoms with Gasteiger partial charge < -0.3 is 9.88 Å². The molecule has 9 heteroatoms. The third-order valence-corrected chi connectivity index (χ3v) is 5.50. The maximum absolute atomic E-state index is 12.5. The summed E-state index contributed by atoms with van der Waals surface area (Å²) in [7, 11) is 0. The average molecular weight is 383 g/mol. The van der Waals surface area contributed by atoms with Crippen LogP contribution in [0.4, 0.5) is 0 Å². The molecule has 1 atom stereocenters. The summed E-state index contributed by atoms with van der Waals surface area (Å²) in [6.07, 6.45) is 6.03.